The van der Waals surface area contributed by atoms with E-state index in [1.54, 1.807) is 37.3 Å². The van der Waals surface area contributed by atoms with Crippen LogP contribution in [0, 0.1) is 0 Å². The Balaban J connectivity index is 2.25. The fourth-order valence-corrected chi connectivity index (χ4v) is 2.17. The second-order valence-electron chi connectivity index (χ2n) is 4.83. The van der Waals surface area contributed by atoms with Gasteiger partial charge in [-0.05, 0) is 25.1 Å². The number of benzene rings is 2. The maximum Gasteiger partial charge on any atom is 0.336 e. The molecule has 5 heteroatoms. The van der Waals surface area contributed by atoms with E-state index in [9.17, 15) is 19.5 Å². The van der Waals surface area contributed by atoms with Crippen LogP contribution in [-0.4, -0.2) is 29.2 Å². The molecule has 1 N–H and O–H groups in total. The SMILES string of the molecule is CCOc1ccc(C(=O)CC(=O)c2ccccc2)c(C(=O)O)c1. The van der Waals surface area contributed by atoms with Crippen LogP contribution in [0.3, 0.4) is 0 Å². The second kappa shape index (κ2) is 7.35. The predicted molar refractivity (Wildman–Crippen MR) is 84.3 cm³/mol. The summed E-state index contributed by atoms with van der Waals surface area (Å²) in [7, 11) is 0. The van der Waals surface area contributed by atoms with Gasteiger partial charge in [-0.3, -0.25) is 9.59 Å². The lowest BCUT2D eigenvalue weighted by molar-refractivity contribution is 0.0689. The normalized spacial score (nSPS) is 10.1. The molecule has 0 saturated carbocycles. The van der Waals surface area contributed by atoms with E-state index in [1.807, 2.05) is 0 Å². The molecule has 0 atom stereocenters. The van der Waals surface area contributed by atoms with E-state index in [1.165, 1.54) is 18.2 Å². The number of hydrogen-bond donors (Lipinski definition) is 1. The van der Waals surface area contributed by atoms with Gasteiger partial charge in [0.1, 0.15) is 5.75 Å². The summed E-state index contributed by atoms with van der Waals surface area (Å²) in [5, 5.41) is 9.27. The molecule has 0 aliphatic carbocycles. The summed E-state index contributed by atoms with van der Waals surface area (Å²) in [5.41, 5.74) is 0.260. The van der Waals surface area contributed by atoms with Crippen molar-refractivity contribution in [3.8, 4) is 5.75 Å². The van der Waals surface area contributed by atoms with Gasteiger partial charge in [-0.2, -0.15) is 0 Å². The molecule has 0 aromatic heterocycles. The molecule has 0 radical (unpaired) electrons. The molecule has 0 fully saturated rings. The molecule has 0 spiro atoms. The molecule has 0 aliphatic rings. The Labute approximate surface area is 133 Å². The first-order valence-electron chi connectivity index (χ1n) is 7.14. The van der Waals surface area contributed by atoms with Gasteiger partial charge in [-0.1, -0.05) is 30.3 Å². The average molecular weight is 312 g/mol. The fraction of sp³-hybridized carbons (Fsp3) is 0.167. The number of carboxylic acids is 1. The monoisotopic (exact) mass is 312 g/mol. The Morgan fingerprint density at radius 1 is 0.957 bits per heavy atom. The van der Waals surface area contributed by atoms with Crippen molar-refractivity contribution < 1.29 is 24.2 Å². The van der Waals surface area contributed by atoms with Crippen LogP contribution in [0.4, 0.5) is 0 Å². The molecule has 23 heavy (non-hydrogen) atoms. The van der Waals surface area contributed by atoms with E-state index in [-0.39, 0.29) is 23.3 Å². The molecule has 2 aromatic rings. The molecule has 0 amide bonds. The van der Waals surface area contributed by atoms with Crippen LogP contribution >= 0.6 is 0 Å². The van der Waals surface area contributed by atoms with Crippen LogP contribution in [0.1, 0.15) is 44.4 Å². The molecule has 0 heterocycles. The second-order valence-corrected chi connectivity index (χ2v) is 4.83. The fourth-order valence-electron chi connectivity index (χ4n) is 2.17. The largest absolute Gasteiger partial charge is 0.494 e. The summed E-state index contributed by atoms with van der Waals surface area (Å²) in [6.45, 7) is 2.16. The first-order valence-corrected chi connectivity index (χ1v) is 7.14. The lowest BCUT2D eigenvalue weighted by Gasteiger charge is -2.08. The van der Waals surface area contributed by atoms with Gasteiger partial charge in [-0.25, -0.2) is 4.79 Å². The number of aromatic carboxylic acids is 1. The summed E-state index contributed by atoms with van der Waals surface area (Å²) in [6, 6.07) is 12.6. The van der Waals surface area contributed by atoms with E-state index in [0.29, 0.717) is 17.9 Å². The Kier molecular flexibility index (Phi) is 5.25. The molecule has 118 valence electrons. The predicted octanol–water partition coefficient (Wildman–Crippen LogP) is 3.24. The minimum absolute atomic E-state index is 0.00485. The number of ketones is 2. The maximum absolute atomic E-state index is 12.3. The van der Waals surface area contributed by atoms with Crippen molar-refractivity contribution in [2.45, 2.75) is 13.3 Å². The van der Waals surface area contributed by atoms with Crippen molar-refractivity contribution in [3.63, 3.8) is 0 Å². The molecule has 2 rings (SSSR count). The standard InChI is InChI=1S/C18H16O5/c1-2-23-13-8-9-14(15(10-13)18(21)22)17(20)11-16(19)12-6-4-3-5-7-12/h3-10H,2,11H2,1H3,(H,21,22). The molecule has 2 aromatic carbocycles. The molecule has 5 nitrogen and oxygen atoms in total. The number of Topliss-reactive ketones (excluding diaryl/α,β-unsaturated/α-hetero) is 2. The third kappa shape index (κ3) is 4.03. The highest BCUT2D eigenvalue weighted by Crippen LogP contribution is 2.20. The van der Waals surface area contributed by atoms with E-state index in [0.717, 1.165) is 0 Å². The van der Waals surface area contributed by atoms with Crippen molar-refractivity contribution in [2.75, 3.05) is 6.61 Å². The maximum atomic E-state index is 12.3. The number of carbonyl (C=O) groups is 3. The van der Waals surface area contributed by atoms with Gasteiger partial charge >= 0.3 is 5.97 Å². The lowest BCUT2D eigenvalue weighted by atomic mass is 9.97. The third-order valence-electron chi connectivity index (χ3n) is 3.25. The van der Waals surface area contributed by atoms with Crippen molar-refractivity contribution in [1.29, 1.82) is 0 Å². The Morgan fingerprint density at radius 3 is 2.26 bits per heavy atom. The zero-order valence-electron chi connectivity index (χ0n) is 12.6. The lowest BCUT2D eigenvalue weighted by Crippen LogP contribution is -2.13. The first kappa shape index (κ1) is 16.4. The third-order valence-corrected chi connectivity index (χ3v) is 3.25. The minimum atomic E-state index is -1.23. The average Bonchev–Trinajstić information content (AvgIpc) is 2.55. The van der Waals surface area contributed by atoms with Crippen LogP contribution in [0.2, 0.25) is 0 Å². The quantitative estimate of drug-likeness (QED) is 0.627. The number of carbonyl (C=O) groups excluding carboxylic acids is 2. The van der Waals surface area contributed by atoms with Crippen molar-refractivity contribution in [3.05, 3.63) is 65.2 Å². The molecule has 0 unspecified atom stereocenters. The Bertz CT molecular complexity index is 734. The Morgan fingerprint density at radius 2 is 1.65 bits per heavy atom. The minimum Gasteiger partial charge on any atom is -0.494 e. The highest BCUT2D eigenvalue weighted by Gasteiger charge is 2.20. The summed E-state index contributed by atoms with van der Waals surface area (Å²) in [6.07, 6.45) is -0.377. The van der Waals surface area contributed by atoms with Crippen molar-refractivity contribution in [1.82, 2.24) is 0 Å². The zero-order valence-corrected chi connectivity index (χ0v) is 12.6. The topological polar surface area (TPSA) is 80.7 Å². The van der Waals surface area contributed by atoms with Gasteiger partial charge in [0.15, 0.2) is 11.6 Å². The molecule has 0 bridgehead atoms. The summed E-state index contributed by atoms with van der Waals surface area (Å²) < 4.78 is 5.24. The highest BCUT2D eigenvalue weighted by atomic mass is 16.5. The summed E-state index contributed by atoms with van der Waals surface area (Å²) in [4.78, 5) is 35.7. The molecular weight excluding hydrogens is 296 g/mol. The summed E-state index contributed by atoms with van der Waals surface area (Å²) in [5.74, 6) is -1.74. The van der Waals surface area contributed by atoms with E-state index in [4.69, 9.17) is 4.74 Å². The van der Waals surface area contributed by atoms with Gasteiger partial charge in [0.25, 0.3) is 0 Å². The van der Waals surface area contributed by atoms with Crippen LogP contribution in [0.25, 0.3) is 0 Å². The van der Waals surface area contributed by atoms with Gasteiger partial charge in [0.05, 0.1) is 18.6 Å². The van der Waals surface area contributed by atoms with Crippen LogP contribution < -0.4 is 4.74 Å². The number of carboxylic acid groups (broad SMARTS) is 1. The smallest absolute Gasteiger partial charge is 0.336 e. The van der Waals surface area contributed by atoms with Gasteiger partial charge in [0, 0.05) is 11.1 Å². The van der Waals surface area contributed by atoms with Gasteiger partial charge in [-0.15, -0.1) is 0 Å². The first-order chi connectivity index (χ1) is 11.0. The van der Waals surface area contributed by atoms with Crippen molar-refractivity contribution >= 4 is 17.5 Å². The van der Waals surface area contributed by atoms with E-state index >= 15 is 0 Å². The molecule has 0 saturated heterocycles. The van der Waals surface area contributed by atoms with Crippen LogP contribution in [0.15, 0.2) is 48.5 Å². The summed E-state index contributed by atoms with van der Waals surface area (Å²) >= 11 is 0. The molecular formula is C18H16O5. The number of rotatable bonds is 7. The zero-order chi connectivity index (χ0) is 16.8. The molecule has 0 aliphatic heterocycles. The Hall–Kier alpha value is -2.95. The van der Waals surface area contributed by atoms with Gasteiger partial charge < -0.3 is 9.84 Å². The van der Waals surface area contributed by atoms with Crippen molar-refractivity contribution in [2.24, 2.45) is 0 Å². The number of ether oxygens (including phenoxy) is 1. The van der Waals surface area contributed by atoms with Crippen LogP contribution in [0.5, 0.6) is 5.75 Å². The highest BCUT2D eigenvalue weighted by molar-refractivity contribution is 6.16. The van der Waals surface area contributed by atoms with Crippen LogP contribution in [-0.2, 0) is 0 Å². The number of hydrogen-bond acceptors (Lipinski definition) is 4. The van der Waals surface area contributed by atoms with E-state index in [2.05, 4.69) is 0 Å². The van der Waals surface area contributed by atoms with E-state index < -0.39 is 11.8 Å². The van der Waals surface area contributed by atoms with Gasteiger partial charge in [0.2, 0.25) is 0 Å².